The molecule has 3 unspecified atom stereocenters. The average Bonchev–Trinajstić information content (AvgIpc) is 3.19. The number of nitrogens with zero attached hydrogens (tertiary/aromatic N) is 2. The summed E-state index contributed by atoms with van der Waals surface area (Å²) in [6, 6.07) is 24.2. The van der Waals surface area contributed by atoms with Crippen molar-refractivity contribution in [3.8, 4) is 0 Å². The number of piperidine rings is 1. The Kier molecular flexibility index (Phi) is 9.51. The highest BCUT2D eigenvalue weighted by molar-refractivity contribution is 6.42. The van der Waals surface area contributed by atoms with Crippen LogP contribution in [0.15, 0.2) is 72.8 Å². The van der Waals surface area contributed by atoms with Gasteiger partial charge in [0.25, 0.3) is 5.91 Å². The highest BCUT2D eigenvalue weighted by Gasteiger charge is 2.41. The van der Waals surface area contributed by atoms with Gasteiger partial charge in [0.2, 0.25) is 5.91 Å². The summed E-state index contributed by atoms with van der Waals surface area (Å²) in [5.74, 6) is 0.252. The largest absolute Gasteiger partial charge is 0.347 e. The van der Waals surface area contributed by atoms with Gasteiger partial charge in [0.1, 0.15) is 0 Å². The van der Waals surface area contributed by atoms with E-state index < -0.39 is 5.54 Å². The van der Waals surface area contributed by atoms with Crippen molar-refractivity contribution in [3.63, 3.8) is 0 Å². The first-order valence-corrected chi connectivity index (χ1v) is 14.3. The van der Waals surface area contributed by atoms with Crippen molar-refractivity contribution in [2.45, 2.75) is 50.7 Å². The summed E-state index contributed by atoms with van der Waals surface area (Å²) < 4.78 is 0. The maximum atomic E-state index is 13.0. The van der Waals surface area contributed by atoms with E-state index in [0.29, 0.717) is 10.0 Å². The molecule has 1 fully saturated rings. The van der Waals surface area contributed by atoms with Gasteiger partial charge in [0, 0.05) is 38.7 Å². The fraction of sp³-hybridized carbons (Fsp3) is 0.375. The molecule has 3 aromatic carbocycles. The second kappa shape index (κ2) is 12.5. The SMILES string of the molecule is CC(=O)NC1(c2ccccc2)CCN(C(CC(C)C2c3ccccc3C(=O)N2C)c2ccc(Cl)c(Cl)c2)CC1.Cl. The van der Waals surface area contributed by atoms with Crippen LogP contribution in [0.5, 0.6) is 0 Å². The Labute approximate surface area is 253 Å². The standard InChI is InChI=1S/C32H35Cl2N3O2.ClH/c1-21(30-25-11-7-8-12-26(25)31(39)36(30)3)19-29(23-13-14-27(33)28(34)20-23)37-17-15-32(16-18-37,35-22(2)38)24-9-5-4-6-10-24;/h4-14,20-21,29-30H,15-19H2,1-3H3,(H,35,38);1H. The molecule has 2 amide bonds. The molecule has 5 nitrogen and oxygen atoms in total. The highest BCUT2D eigenvalue weighted by Crippen LogP contribution is 2.44. The van der Waals surface area contributed by atoms with Crippen molar-refractivity contribution in [1.29, 1.82) is 0 Å². The van der Waals surface area contributed by atoms with E-state index in [2.05, 4.69) is 41.4 Å². The Morgan fingerprint density at radius 1 is 1.00 bits per heavy atom. The summed E-state index contributed by atoms with van der Waals surface area (Å²) in [5.41, 5.74) is 3.75. The van der Waals surface area contributed by atoms with Gasteiger partial charge in [-0.3, -0.25) is 14.5 Å². The monoisotopic (exact) mass is 599 g/mol. The Morgan fingerprint density at radius 3 is 2.30 bits per heavy atom. The topological polar surface area (TPSA) is 52.7 Å². The molecule has 2 aliphatic rings. The summed E-state index contributed by atoms with van der Waals surface area (Å²) in [6.45, 7) is 5.44. The predicted molar refractivity (Wildman–Crippen MR) is 164 cm³/mol. The summed E-state index contributed by atoms with van der Waals surface area (Å²) in [5, 5.41) is 4.36. The average molecular weight is 601 g/mol. The number of fused-ring (bicyclic) bond motifs is 1. The van der Waals surface area contributed by atoms with Crippen LogP contribution >= 0.6 is 35.6 Å². The molecule has 0 aliphatic carbocycles. The van der Waals surface area contributed by atoms with Crippen molar-refractivity contribution in [2.24, 2.45) is 5.92 Å². The Morgan fingerprint density at radius 2 is 1.65 bits per heavy atom. The lowest BCUT2D eigenvalue weighted by molar-refractivity contribution is -0.121. The number of amides is 2. The second-order valence-corrected chi connectivity index (χ2v) is 11.8. The van der Waals surface area contributed by atoms with Gasteiger partial charge in [-0.25, -0.2) is 0 Å². The maximum absolute atomic E-state index is 13.0. The van der Waals surface area contributed by atoms with Crippen molar-refractivity contribution < 1.29 is 9.59 Å². The molecule has 40 heavy (non-hydrogen) atoms. The Balaban J connectivity index is 0.00000370. The van der Waals surface area contributed by atoms with Crippen molar-refractivity contribution in [1.82, 2.24) is 15.1 Å². The van der Waals surface area contributed by atoms with E-state index in [0.717, 1.165) is 54.6 Å². The molecule has 1 N–H and O–H groups in total. The van der Waals surface area contributed by atoms with E-state index in [1.54, 1.807) is 6.92 Å². The molecule has 0 saturated carbocycles. The zero-order chi connectivity index (χ0) is 27.7. The van der Waals surface area contributed by atoms with Gasteiger partial charge in [-0.1, -0.05) is 84.7 Å². The molecule has 1 saturated heterocycles. The third-order valence-corrected chi connectivity index (χ3v) is 9.28. The van der Waals surface area contributed by atoms with E-state index in [9.17, 15) is 9.59 Å². The fourth-order valence-corrected chi connectivity index (χ4v) is 6.96. The lowest BCUT2D eigenvalue weighted by Crippen LogP contribution is -2.53. The van der Waals surface area contributed by atoms with Crippen molar-refractivity contribution in [3.05, 3.63) is 105 Å². The number of rotatable bonds is 7. The van der Waals surface area contributed by atoms with E-state index >= 15 is 0 Å². The molecular formula is C32H36Cl3N3O2. The lowest BCUT2D eigenvalue weighted by atomic mass is 9.79. The third-order valence-electron chi connectivity index (χ3n) is 8.54. The molecule has 0 radical (unpaired) electrons. The number of carbonyl (C=O) groups excluding carboxylic acids is 2. The van der Waals surface area contributed by atoms with E-state index in [-0.39, 0.29) is 42.2 Å². The molecule has 0 aromatic heterocycles. The van der Waals surface area contributed by atoms with Gasteiger partial charge >= 0.3 is 0 Å². The van der Waals surface area contributed by atoms with Crippen LogP contribution in [0, 0.1) is 5.92 Å². The molecule has 2 aliphatic heterocycles. The van der Waals surface area contributed by atoms with Crippen LogP contribution in [-0.2, 0) is 10.3 Å². The number of benzene rings is 3. The van der Waals surface area contributed by atoms with Gasteiger partial charge < -0.3 is 10.2 Å². The van der Waals surface area contributed by atoms with Crippen LogP contribution in [0.2, 0.25) is 10.0 Å². The number of hydrogen-bond acceptors (Lipinski definition) is 3. The predicted octanol–water partition coefficient (Wildman–Crippen LogP) is 7.44. The summed E-state index contributed by atoms with van der Waals surface area (Å²) in [4.78, 5) is 29.6. The minimum Gasteiger partial charge on any atom is -0.347 e. The first-order valence-electron chi connectivity index (χ1n) is 13.6. The second-order valence-electron chi connectivity index (χ2n) is 11.0. The molecule has 3 aromatic rings. The first-order chi connectivity index (χ1) is 18.7. The molecule has 0 spiro atoms. The number of carbonyl (C=O) groups is 2. The molecule has 8 heteroatoms. The molecule has 3 atom stereocenters. The number of nitrogens with one attached hydrogen (secondary N) is 1. The van der Waals surface area contributed by atoms with E-state index in [4.69, 9.17) is 23.2 Å². The van der Waals surface area contributed by atoms with Crippen LogP contribution in [0.1, 0.15) is 72.2 Å². The Bertz CT molecular complexity index is 1360. The van der Waals surface area contributed by atoms with Gasteiger partial charge in [0.05, 0.1) is 21.6 Å². The molecule has 212 valence electrons. The number of likely N-dealkylation sites (tertiary alicyclic amines) is 1. The molecule has 0 bridgehead atoms. The van der Waals surface area contributed by atoms with Crippen LogP contribution in [0.25, 0.3) is 0 Å². The van der Waals surface area contributed by atoms with Gasteiger partial charge in [-0.15, -0.1) is 12.4 Å². The summed E-state index contributed by atoms with van der Waals surface area (Å²) >= 11 is 12.8. The summed E-state index contributed by atoms with van der Waals surface area (Å²) in [6.07, 6.45) is 2.44. The normalized spacial score (nSPS) is 19.9. The van der Waals surface area contributed by atoms with Crippen LogP contribution in [0.3, 0.4) is 0 Å². The molecular weight excluding hydrogens is 565 g/mol. The molecule has 2 heterocycles. The zero-order valence-corrected chi connectivity index (χ0v) is 25.4. The van der Waals surface area contributed by atoms with Crippen molar-refractivity contribution in [2.75, 3.05) is 20.1 Å². The van der Waals surface area contributed by atoms with Crippen LogP contribution < -0.4 is 5.32 Å². The van der Waals surface area contributed by atoms with Gasteiger partial charge in [-0.05, 0) is 60.1 Å². The minimum atomic E-state index is -0.394. The van der Waals surface area contributed by atoms with E-state index in [1.807, 2.05) is 60.5 Å². The number of hydrogen-bond donors (Lipinski definition) is 1. The van der Waals surface area contributed by atoms with E-state index in [1.165, 1.54) is 0 Å². The minimum absolute atomic E-state index is 0. The first kappa shape index (κ1) is 30.4. The third kappa shape index (κ3) is 5.89. The highest BCUT2D eigenvalue weighted by atomic mass is 35.5. The number of halogens is 3. The summed E-state index contributed by atoms with van der Waals surface area (Å²) in [7, 11) is 1.90. The fourth-order valence-electron chi connectivity index (χ4n) is 6.66. The van der Waals surface area contributed by atoms with Gasteiger partial charge in [-0.2, -0.15) is 0 Å². The zero-order valence-electron chi connectivity index (χ0n) is 23.1. The van der Waals surface area contributed by atoms with Crippen LogP contribution in [0.4, 0.5) is 0 Å². The quantitative estimate of drug-likeness (QED) is 0.307. The lowest BCUT2D eigenvalue weighted by Gasteiger charge is -2.46. The van der Waals surface area contributed by atoms with Gasteiger partial charge in [0.15, 0.2) is 0 Å². The smallest absolute Gasteiger partial charge is 0.254 e. The molecule has 5 rings (SSSR count). The van der Waals surface area contributed by atoms with Crippen LogP contribution in [-0.4, -0.2) is 41.8 Å². The van der Waals surface area contributed by atoms with Crippen molar-refractivity contribution >= 4 is 47.4 Å². The maximum Gasteiger partial charge on any atom is 0.254 e. The Hall–Kier alpha value is -2.57.